The summed E-state index contributed by atoms with van der Waals surface area (Å²) in [4.78, 5) is 12.4. The number of benzene rings is 2. The lowest BCUT2D eigenvalue weighted by Gasteiger charge is -2.34. The number of piperazine rings is 1. The van der Waals surface area contributed by atoms with Crippen LogP contribution in [-0.2, 0) is 14.8 Å². The Morgan fingerprint density at radius 3 is 2.62 bits per heavy atom. The highest BCUT2D eigenvalue weighted by Gasteiger charge is 2.41. The van der Waals surface area contributed by atoms with Crippen LogP contribution in [0.2, 0.25) is 10.0 Å². The van der Waals surface area contributed by atoms with Gasteiger partial charge in [0.1, 0.15) is 16.7 Å². The van der Waals surface area contributed by atoms with Gasteiger partial charge in [0.15, 0.2) is 0 Å². The van der Waals surface area contributed by atoms with Crippen molar-refractivity contribution in [2.75, 3.05) is 20.2 Å². The Labute approximate surface area is 161 Å². The van der Waals surface area contributed by atoms with Gasteiger partial charge >= 0.3 is 0 Å². The lowest BCUT2D eigenvalue weighted by molar-refractivity contribution is -0.126. The minimum atomic E-state index is -4.07. The smallest absolute Gasteiger partial charge is 0.247 e. The predicted octanol–water partition coefficient (Wildman–Crippen LogP) is 2.86. The molecule has 0 radical (unpaired) electrons. The predicted molar refractivity (Wildman–Crippen MR) is 99.1 cm³/mol. The van der Waals surface area contributed by atoms with Crippen molar-refractivity contribution in [3.63, 3.8) is 0 Å². The number of hydrogen-bond acceptors (Lipinski definition) is 4. The van der Waals surface area contributed by atoms with Crippen LogP contribution in [-0.4, -0.2) is 38.8 Å². The second kappa shape index (κ2) is 7.44. The van der Waals surface area contributed by atoms with Crippen LogP contribution in [0.5, 0.6) is 5.75 Å². The zero-order chi connectivity index (χ0) is 18.9. The normalized spacial score (nSPS) is 18.4. The van der Waals surface area contributed by atoms with E-state index in [0.29, 0.717) is 10.6 Å². The fourth-order valence-electron chi connectivity index (χ4n) is 2.88. The minimum absolute atomic E-state index is 0.0969. The van der Waals surface area contributed by atoms with Gasteiger partial charge in [-0.2, -0.15) is 4.31 Å². The van der Waals surface area contributed by atoms with Gasteiger partial charge < -0.3 is 10.1 Å². The molecule has 1 heterocycles. The van der Waals surface area contributed by atoms with Gasteiger partial charge in [-0.3, -0.25) is 4.79 Å². The summed E-state index contributed by atoms with van der Waals surface area (Å²) in [7, 11) is -2.70. The zero-order valence-electron chi connectivity index (χ0n) is 13.8. The standard InChI is InChI=1S/C17H16Cl2N2O4S/c1-25-14-7-6-11(18)10-15(14)26(23,24)21-9-8-20-17(22)16(21)12-4-2-3-5-13(12)19/h2-7,10,16H,8-9H2,1H3,(H,20,22). The quantitative estimate of drug-likeness (QED) is 0.834. The zero-order valence-corrected chi connectivity index (χ0v) is 16.1. The lowest BCUT2D eigenvalue weighted by Crippen LogP contribution is -2.52. The molecule has 1 fully saturated rings. The first-order valence-corrected chi connectivity index (χ1v) is 9.93. The van der Waals surface area contributed by atoms with Crippen molar-refractivity contribution >= 4 is 39.1 Å². The number of sulfonamides is 1. The van der Waals surface area contributed by atoms with E-state index in [1.165, 1.54) is 25.3 Å². The Kier molecular flexibility index (Phi) is 5.43. The molecule has 1 unspecified atom stereocenters. The third kappa shape index (κ3) is 3.40. The van der Waals surface area contributed by atoms with E-state index in [0.717, 1.165) is 4.31 Å². The Hall–Kier alpha value is -1.80. The Morgan fingerprint density at radius 2 is 1.92 bits per heavy atom. The molecule has 1 N–H and O–H groups in total. The summed E-state index contributed by atoms with van der Waals surface area (Å²) >= 11 is 12.2. The highest BCUT2D eigenvalue weighted by atomic mass is 35.5. The summed E-state index contributed by atoms with van der Waals surface area (Å²) in [6.07, 6.45) is 0. The van der Waals surface area contributed by atoms with E-state index in [4.69, 9.17) is 27.9 Å². The van der Waals surface area contributed by atoms with Crippen LogP contribution in [0.15, 0.2) is 47.4 Å². The molecular weight excluding hydrogens is 399 g/mol. The molecule has 26 heavy (non-hydrogen) atoms. The van der Waals surface area contributed by atoms with E-state index in [2.05, 4.69) is 5.32 Å². The van der Waals surface area contributed by atoms with Crippen molar-refractivity contribution < 1.29 is 17.9 Å². The molecule has 1 aliphatic rings. The molecule has 0 bridgehead atoms. The summed E-state index contributed by atoms with van der Waals surface area (Å²) in [6.45, 7) is 0.293. The van der Waals surface area contributed by atoms with Crippen LogP contribution in [0, 0.1) is 0 Å². The number of methoxy groups -OCH3 is 1. The summed E-state index contributed by atoms with van der Waals surface area (Å²) < 4.78 is 33.0. The maximum atomic E-state index is 13.3. The van der Waals surface area contributed by atoms with Crippen LogP contribution in [0.4, 0.5) is 0 Å². The molecule has 2 aromatic rings. The van der Waals surface area contributed by atoms with Crippen molar-refractivity contribution in [3.8, 4) is 5.75 Å². The number of nitrogens with zero attached hydrogens (tertiary/aromatic N) is 1. The molecule has 9 heteroatoms. The average molecular weight is 415 g/mol. The van der Waals surface area contributed by atoms with E-state index >= 15 is 0 Å². The lowest BCUT2D eigenvalue weighted by atomic mass is 10.0. The van der Waals surface area contributed by atoms with E-state index in [-0.39, 0.29) is 28.8 Å². The molecule has 1 saturated heterocycles. The molecular formula is C17H16Cl2N2O4S. The summed E-state index contributed by atoms with van der Waals surface area (Å²) in [5.41, 5.74) is 0.413. The molecule has 6 nitrogen and oxygen atoms in total. The fraction of sp³-hybridized carbons (Fsp3) is 0.235. The first-order chi connectivity index (χ1) is 12.4. The number of halogens is 2. The first-order valence-electron chi connectivity index (χ1n) is 7.74. The molecule has 138 valence electrons. The van der Waals surface area contributed by atoms with Crippen LogP contribution in [0.3, 0.4) is 0 Å². The monoisotopic (exact) mass is 414 g/mol. The van der Waals surface area contributed by atoms with Gasteiger partial charge in [0.05, 0.1) is 7.11 Å². The van der Waals surface area contributed by atoms with Crippen molar-refractivity contribution in [2.24, 2.45) is 0 Å². The van der Waals surface area contributed by atoms with Gasteiger partial charge in [-0.1, -0.05) is 41.4 Å². The van der Waals surface area contributed by atoms with E-state index in [9.17, 15) is 13.2 Å². The number of amides is 1. The second-order valence-corrected chi connectivity index (χ2v) is 8.33. The molecule has 0 aromatic heterocycles. The van der Waals surface area contributed by atoms with Crippen LogP contribution in [0.1, 0.15) is 11.6 Å². The van der Waals surface area contributed by atoms with Crippen LogP contribution < -0.4 is 10.1 Å². The number of carbonyl (C=O) groups is 1. The van der Waals surface area contributed by atoms with Gasteiger partial charge in [-0.15, -0.1) is 0 Å². The van der Waals surface area contributed by atoms with Gasteiger partial charge in [-0.05, 0) is 29.8 Å². The maximum absolute atomic E-state index is 13.3. The molecule has 1 atom stereocenters. The molecule has 0 spiro atoms. The van der Waals surface area contributed by atoms with Gasteiger partial charge in [0.2, 0.25) is 15.9 Å². The third-order valence-corrected chi connectivity index (χ3v) is 6.54. The summed E-state index contributed by atoms with van der Waals surface area (Å²) in [5, 5.41) is 3.25. The van der Waals surface area contributed by atoms with Gasteiger partial charge in [0, 0.05) is 23.1 Å². The Morgan fingerprint density at radius 1 is 1.19 bits per heavy atom. The average Bonchev–Trinajstić information content (AvgIpc) is 2.62. The fourth-order valence-corrected chi connectivity index (χ4v) is 5.10. The molecule has 1 amide bonds. The largest absolute Gasteiger partial charge is 0.495 e. The van der Waals surface area contributed by atoms with E-state index in [1.807, 2.05) is 0 Å². The van der Waals surface area contributed by atoms with Crippen molar-refractivity contribution in [3.05, 3.63) is 58.1 Å². The molecule has 0 saturated carbocycles. The topological polar surface area (TPSA) is 75.7 Å². The Bertz CT molecular complexity index is 950. The highest BCUT2D eigenvalue weighted by Crippen LogP contribution is 2.36. The number of hydrogen-bond donors (Lipinski definition) is 1. The highest BCUT2D eigenvalue weighted by molar-refractivity contribution is 7.89. The number of rotatable bonds is 4. The van der Waals surface area contributed by atoms with Crippen LogP contribution in [0.25, 0.3) is 0 Å². The SMILES string of the molecule is COc1ccc(Cl)cc1S(=O)(=O)N1CCNC(=O)C1c1ccccc1Cl. The number of ether oxygens (including phenoxy) is 1. The molecule has 3 rings (SSSR count). The van der Waals surface area contributed by atoms with Crippen molar-refractivity contribution in [2.45, 2.75) is 10.9 Å². The minimum Gasteiger partial charge on any atom is -0.495 e. The first kappa shape index (κ1) is 19.0. The summed E-state index contributed by atoms with van der Waals surface area (Å²) in [6, 6.07) is 9.91. The van der Waals surface area contributed by atoms with E-state index in [1.54, 1.807) is 24.3 Å². The van der Waals surface area contributed by atoms with Gasteiger partial charge in [0.25, 0.3) is 0 Å². The molecule has 1 aliphatic heterocycles. The number of carbonyl (C=O) groups excluding carboxylic acids is 1. The number of nitrogens with one attached hydrogen (secondary N) is 1. The van der Waals surface area contributed by atoms with Crippen LogP contribution >= 0.6 is 23.2 Å². The third-order valence-electron chi connectivity index (χ3n) is 4.08. The van der Waals surface area contributed by atoms with Gasteiger partial charge in [-0.25, -0.2) is 8.42 Å². The van der Waals surface area contributed by atoms with Crippen molar-refractivity contribution in [1.29, 1.82) is 0 Å². The maximum Gasteiger partial charge on any atom is 0.247 e. The van der Waals surface area contributed by atoms with E-state index < -0.39 is 22.0 Å². The molecule has 2 aromatic carbocycles. The molecule has 0 aliphatic carbocycles. The summed E-state index contributed by atoms with van der Waals surface area (Å²) in [5.74, 6) is -0.285. The Balaban J connectivity index is 2.15. The second-order valence-electron chi connectivity index (χ2n) is 5.63. The van der Waals surface area contributed by atoms with Crippen molar-refractivity contribution in [1.82, 2.24) is 9.62 Å².